The molecule has 9 nitrogen and oxygen atoms in total. The maximum absolute atomic E-state index is 13.1. The number of hydrogen-bond acceptors (Lipinski definition) is 7. The number of nitriles is 1. The zero-order valence-electron chi connectivity index (χ0n) is 20.7. The van der Waals surface area contributed by atoms with Crippen LogP contribution in [-0.2, 0) is 32.7 Å². The molecule has 4 aromatic rings. The Kier molecular flexibility index (Phi) is 7.60. The van der Waals surface area contributed by atoms with Crippen LogP contribution in [0, 0.1) is 11.3 Å². The lowest BCUT2D eigenvalue weighted by Gasteiger charge is -2.17. The van der Waals surface area contributed by atoms with Gasteiger partial charge in [-0.15, -0.1) is 11.3 Å². The molecule has 2 amide bonds. The quantitative estimate of drug-likeness (QED) is 0.324. The van der Waals surface area contributed by atoms with E-state index in [-0.39, 0.29) is 17.4 Å². The Morgan fingerprint density at radius 2 is 1.82 bits per heavy atom. The molecule has 5 rings (SSSR count). The lowest BCUT2D eigenvalue weighted by atomic mass is 10.1. The van der Waals surface area contributed by atoms with Gasteiger partial charge in [-0.2, -0.15) is 9.98 Å². The van der Waals surface area contributed by atoms with Crippen LogP contribution in [0.15, 0.2) is 83.1 Å². The highest BCUT2D eigenvalue weighted by atomic mass is 32.2. The number of hydrogen-bond donors (Lipinski definition) is 2. The molecule has 39 heavy (non-hydrogen) atoms. The fraction of sp³-hybridized carbons (Fsp3) is 0.179. The van der Waals surface area contributed by atoms with Crippen LogP contribution in [0.2, 0.25) is 0 Å². The molecule has 3 aromatic carbocycles. The van der Waals surface area contributed by atoms with Gasteiger partial charge in [0.25, 0.3) is 0 Å². The number of likely N-dealkylation sites (tertiary alicyclic amines) is 1. The van der Waals surface area contributed by atoms with Crippen molar-refractivity contribution in [3.05, 3.63) is 94.2 Å². The number of nitrogens with zero attached hydrogens (tertiary/aromatic N) is 2. The van der Waals surface area contributed by atoms with Gasteiger partial charge >= 0.3 is 6.09 Å². The van der Waals surface area contributed by atoms with Crippen molar-refractivity contribution in [2.45, 2.75) is 30.5 Å². The Bertz CT molecular complexity index is 1680. The van der Waals surface area contributed by atoms with Gasteiger partial charge in [-0.05, 0) is 64.0 Å². The lowest BCUT2D eigenvalue weighted by molar-refractivity contribution is -0.129. The first kappa shape index (κ1) is 26.4. The van der Waals surface area contributed by atoms with E-state index in [2.05, 4.69) is 16.1 Å². The predicted molar refractivity (Wildman–Crippen MR) is 147 cm³/mol. The number of benzene rings is 3. The summed E-state index contributed by atoms with van der Waals surface area (Å²) < 4.78 is 34.0. The van der Waals surface area contributed by atoms with Crippen LogP contribution in [0.1, 0.15) is 22.4 Å². The van der Waals surface area contributed by atoms with E-state index in [0.717, 1.165) is 16.5 Å². The van der Waals surface area contributed by atoms with E-state index in [0.29, 0.717) is 35.5 Å². The van der Waals surface area contributed by atoms with Crippen molar-refractivity contribution in [1.29, 1.82) is 5.26 Å². The highest BCUT2D eigenvalue weighted by Crippen LogP contribution is 2.25. The molecular weight excluding hydrogens is 536 g/mol. The van der Waals surface area contributed by atoms with E-state index in [4.69, 9.17) is 10.00 Å². The molecule has 1 saturated heterocycles. The summed E-state index contributed by atoms with van der Waals surface area (Å²) >= 11 is 1.31. The molecular formula is C28H24N4O5S2. The van der Waals surface area contributed by atoms with Gasteiger partial charge in [-0.3, -0.25) is 10.1 Å². The molecule has 1 aliphatic heterocycles. The van der Waals surface area contributed by atoms with E-state index < -0.39 is 22.2 Å². The second kappa shape index (κ2) is 11.2. The number of nitrogens with one attached hydrogen (secondary N) is 2. The van der Waals surface area contributed by atoms with Crippen molar-refractivity contribution in [3.8, 4) is 6.07 Å². The third kappa shape index (κ3) is 6.26. The molecule has 2 heterocycles. The summed E-state index contributed by atoms with van der Waals surface area (Å²) in [5.41, 5.74) is 2.23. The number of sulfonamides is 1. The first-order valence-electron chi connectivity index (χ1n) is 12.1. The smallest absolute Gasteiger partial charge is 0.411 e. The highest BCUT2D eigenvalue weighted by Gasteiger charge is 2.35. The summed E-state index contributed by atoms with van der Waals surface area (Å²) in [5.74, 6) is -0.293. The van der Waals surface area contributed by atoms with Crippen LogP contribution in [0.4, 0.5) is 10.5 Å². The van der Waals surface area contributed by atoms with Crippen molar-refractivity contribution in [2.24, 2.45) is 0 Å². The molecule has 0 bridgehead atoms. The number of carbonyl (C=O) groups is 2. The summed E-state index contributed by atoms with van der Waals surface area (Å²) in [5, 5.41) is 14.9. The van der Waals surface area contributed by atoms with Crippen LogP contribution >= 0.6 is 11.3 Å². The van der Waals surface area contributed by atoms with E-state index in [1.807, 2.05) is 35.7 Å². The summed E-state index contributed by atoms with van der Waals surface area (Å²) in [6.07, 6.45) is -0.239. The third-order valence-corrected chi connectivity index (χ3v) is 8.67. The summed E-state index contributed by atoms with van der Waals surface area (Å²) in [4.78, 5) is 27.2. The fourth-order valence-corrected chi connectivity index (χ4v) is 6.30. The first-order chi connectivity index (χ1) is 18.8. The van der Waals surface area contributed by atoms with Crippen molar-refractivity contribution in [2.75, 3.05) is 11.9 Å². The molecule has 0 spiro atoms. The van der Waals surface area contributed by atoms with Crippen LogP contribution in [0.25, 0.3) is 10.8 Å². The SMILES string of the molecule is N#Cc1cc(CN2CC[C@H](NS(=O)(=O)c3ccc4cc(NC(=O)OCc5ccccc5)ccc4c3)C2=O)cs1. The average molecular weight is 561 g/mol. The second-order valence-corrected chi connectivity index (χ2v) is 11.7. The largest absolute Gasteiger partial charge is 0.444 e. The van der Waals surface area contributed by atoms with Crippen LogP contribution in [-0.4, -0.2) is 37.9 Å². The Balaban J connectivity index is 1.21. The van der Waals surface area contributed by atoms with Gasteiger partial charge in [0.15, 0.2) is 0 Å². The van der Waals surface area contributed by atoms with Crippen molar-refractivity contribution < 1.29 is 22.7 Å². The predicted octanol–water partition coefficient (Wildman–Crippen LogP) is 4.60. The van der Waals surface area contributed by atoms with Crippen molar-refractivity contribution in [1.82, 2.24) is 9.62 Å². The topological polar surface area (TPSA) is 129 Å². The fourth-order valence-electron chi connectivity index (χ4n) is 4.34. The van der Waals surface area contributed by atoms with E-state index >= 15 is 0 Å². The summed E-state index contributed by atoms with van der Waals surface area (Å²) in [6.45, 7) is 0.901. The molecule has 198 valence electrons. The summed E-state index contributed by atoms with van der Waals surface area (Å²) in [7, 11) is -3.96. The highest BCUT2D eigenvalue weighted by molar-refractivity contribution is 7.89. The Morgan fingerprint density at radius 1 is 1.05 bits per heavy atom. The van der Waals surface area contributed by atoms with Crippen LogP contribution in [0.3, 0.4) is 0 Å². The van der Waals surface area contributed by atoms with Gasteiger partial charge < -0.3 is 9.64 Å². The monoisotopic (exact) mass is 560 g/mol. The Hall–Kier alpha value is -4.24. The number of thiophene rings is 1. The Labute approximate surface area is 229 Å². The molecule has 1 fully saturated rings. The van der Waals surface area contributed by atoms with E-state index in [1.165, 1.54) is 23.5 Å². The van der Waals surface area contributed by atoms with Gasteiger partial charge in [0.2, 0.25) is 15.9 Å². The first-order valence-corrected chi connectivity index (χ1v) is 14.5. The normalized spacial score (nSPS) is 15.3. The number of fused-ring (bicyclic) bond motifs is 1. The minimum Gasteiger partial charge on any atom is -0.444 e. The lowest BCUT2D eigenvalue weighted by Crippen LogP contribution is -2.41. The zero-order valence-corrected chi connectivity index (χ0v) is 22.3. The molecule has 0 unspecified atom stereocenters. The molecule has 0 saturated carbocycles. The number of anilines is 1. The molecule has 1 atom stereocenters. The minimum absolute atomic E-state index is 0.0423. The molecule has 11 heteroatoms. The number of ether oxygens (including phenoxy) is 1. The van der Waals surface area contributed by atoms with Crippen molar-refractivity contribution >= 4 is 49.8 Å². The Morgan fingerprint density at radius 3 is 2.59 bits per heavy atom. The van der Waals surface area contributed by atoms with Gasteiger partial charge in [-0.1, -0.05) is 42.5 Å². The molecule has 1 aliphatic rings. The maximum atomic E-state index is 13.1. The van der Waals surface area contributed by atoms with E-state index in [1.54, 1.807) is 35.2 Å². The van der Waals surface area contributed by atoms with Gasteiger partial charge in [0.1, 0.15) is 23.6 Å². The minimum atomic E-state index is -3.96. The van der Waals surface area contributed by atoms with Crippen molar-refractivity contribution in [3.63, 3.8) is 0 Å². The standard InChI is InChI=1S/C28H24N4O5S2/c29-15-24-12-20(18-38-24)16-32-11-10-26(27(32)33)31-39(35,36)25-9-7-21-13-23(8-6-22(21)14-25)30-28(34)37-17-19-4-2-1-3-5-19/h1-9,12-14,18,26,31H,10-11,16-17H2,(H,30,34)/t26-/m0/s1. The number of rotatable bonds is 8. The average Bonchev–Trinajstić information content (AvgIpc) is 3.54. The molecule has 0 aliphatic carbocycles. The molecule has 1 aromatic heterocycles. The van der Waals surface area contributed by atoms with Crippen LogP contribution < -0.4 is 10.0 Å². The van der Waals surface area contributed by atoms with Gasteiger partial charge in [0, 0.05) is 18.8 Å². The molecule has 0 radical (unpaired) electrons. The van der Waals surface area contributed by atoms with E-state index in [9.17, 15) is 18.0 Å². The van der Waals surface area contributed by atoms with Gasteiger partial charge in [-0.25, -0.2) is 13.2 Å². The zero-order chi connectivity index (χ0) is 27.4. The maximum Gasteiger partial charge on any atom is 0.411 e. The second-order valence-electron chi connectivity index (χ2n) is 9.06. The third-order valence-electron chi connectivity index (χ3n) is 6.31. The number of amides is 2. The summed E-state index contributed by atoms with van der Waals surface area (Å²) in [6, 6.07) is 22.0. The molecule has 2 N–H and O–H groups in total. The number of carbonyl (C=O) groups excluding carboxylic acids is 2. The van der Waals surface area contributed by atoms with Gasteiger partial charge in [0.05, 0.1) is 4.90 Å². The van der Waals surface area contributed by atoms with Crippen LogP contribution in [0.5, 0.6) is 0 Å².